The van der Waals surface area contributed by atoms with Gasteiger partial charge in [-0.05, 0) is 31.2 Å². The van der Waals surface area contributed by atoms with Gasteiger partial charge in [0, 0.05) is 5.56 Å². The Kier molecular flexibility index (Phi) is 2.04. The lowest BCUT2D eigenvalue weighted by atomic mass is 10.2. The van der Waals surface area contributed by atoms with Crippen molar-refractivity contribution in [2.45, 2.75) is 13.0 Å². The SMILES string of the molecule is CC1N=C(c2ccc(F)cc2)OC1=O. The Morgan fingerprint density at radius 2 is 2.00 bits per heavy atom. The molecule has 14 heavy (non-hydrogen) atoms. The molecule has 0 amide bonds. The largest absolute Gasteiger partial charge is 0.406 e. The molecule has 72 valence electrons. The fourth-order valence-corrected chi connectivity index (χ4v) is 1.16. The molecule has 0 bridgehead atoms. The Balaban J connectivity index is 2.29. The minimum Gasteiger partial charge on any atom is -0.406 e. The fourth-order valence-electron chi connectivity index (χ4n) is 1.16. The number of benzene rings is 1. The third-order valence-corrected chi connectivity index (χ3v) is 1.94. The van der Waals surface area contributed by atoms with Crippen LogP contribution in [0.25, 0.3) is 0 Å². The van der Waals surface area contributed by atoms with Gasteiger partial charge in [-0.1, -0.05) is 0 Å². The summed E-state index contributed by atoms with van der Waals surface area (Å²) < 4.78 is 17.5. The molecule has 3 nitrogen and oxygen atoms in total. The molecule has 0 aliphatic carbocycles. The molecule has 1 aromatic rings. The zero-order chi connectivity index (χ0) is 10.1. The maximum atomic E-state index is 12.6. The van der Waals surface area contributed by atoms with Crippen LogP contribution < -0.4 is 0 Å². The molecule has 0 fully saturated rings. The summed E-state index contributed by atoms with van der Waals surface area (Å²) in [5, 5.41) is 0. The number of cyclic esters (lactones) is 1. The van der Waals surface area contributed by atoms with E-state index in [1.165, 1.54) is 24.3 Å². The molecule has 2 rings (SSSR count). The summed E-state index contributed by atoms with van der Waals surface area (Å²) >= 11 is 0. The summed E-state index contributed by atoms with van der Waals surface area (Å²) in [4.78, 5) is 15.0. The molecule has 1 aromatic carbocycles. The van der Waals surface area contributed by atoms with Gasteiger partial charge in [-0.25, -0.2) is 14.2 Å². The predicted octanol–water partition coefficient (Wildman–Crippen LogP) is 1.52. The highest BCUT2D eigenvalue weighted by Crippen LogP contribution is 2.13. The topological polar surface area (TPSA) is 38.7 Å². The van der Waals surface area contributed by atoms with Gasteiger partial charge >= 0.3 is 5.97 Å². The number of aliphatic imine (C=N–C) groups is 1. The second-order valence-corrected chi connectivity index (χ2v) is 3.04. The van der Waals surface area contributed by atoms with E-state index in [2.05, 4.69) is 4.99 Å². The van der Waals surface area contributed by atoms with Crippen LogP contribution in [0.1, 0.15) is 12.5 Å². The van der Waals surface area contributed by atoms with Gasteiger partial charge in [0.2, 0.25) is 5.90 Å². The Morgan fingerprint density at radius 3 is 2.50 bits per heavy atom. The van der Waals surface area contributed by atoms with Crippen LogP contribution in [0.4, 0.5) is 4.39 Å². The van der Waals surface area contributed by atoms with Crippen molar-refractivity contribution >= 4 is 11.9 Å². The molecule has 0 spiro atoms. The van der Waals surface area contributed by atoms with E-state index >= 15 is 0 Å². The van der Waals surface area contributed by atoms with Crippen molar-refractivity contribution in [2.24, 2.45) is 4.99 Å². The zero-order valence-electron chi connectivity index (χ0n) is 7.53. The van der Waals surface area contributed by atoms with E-state index in [-0.39, 0.29) is 17.7 Å². The minimum atomic E-state index is -0.463. The lowest BCUT2D eigenvalue weighted by molar-refractivity contribution is -0.134. The number of hydrogen-bond donors (Lipinski definition) is 0. The third-order valence-electron chi connectivity index (χ3n) is 1.94. The molecular formula is C10H8FNO2. The molecule has 4 heteroatoms. The van der Waals surface area contributed by atoms with E-state index in [0.29, 0.717) is 5.56 Å². The van der Waals surface area contributed by atoms with Gasteiger partial charge in [0.25, 0.3) is 0 Å². The van der Waals surface area contributed by atoms with Gasteiger partial charge in [-0.3, -0.25) is 0 Å². The lowest BCUT2D eigenvalue weighted by Crippen LogP contribution is -2.10. The monoisotopic (exact) mass is 193 g/mol. The smallest absolute Gasteiger partial charge is 0.337 e. The van der Waals surface area contributed by atoms with Crippen molar-refractivity contribution in [3.63, 3.8) is 0 Å². The van der Waals surface area contributed by atoms with Gasteiger partial charge in [0.1, 0.15) is 11.9 Å². The first kappa shape index (κ1) is 8.87. The van der Waals surface area contributed by atoms with Gasteiger partial charge in [0.05, 0.1) is 0 Å². The molecule has 1 aliphatic rings. The molecule has 0 aromatic heterocycles. The summed E-state index contributed by atoms with van der Waals surface area (Å²) in [6, 6.07) is 5.19. The summed E-state index contributed by atoms with van der Waals surface area (Å²) in [6.45, 7) is 1.65. The van der Waals surface area contributed by atoms with E-state index < -0.39 is 6.04 Å². The first-order valence-corrected chi connectivity index (χ1v) is 4.22. The number of rotatable bonds is 1. The number of carbonyl (C=O) groups excluding carboxylic acids is 1. The Morgan fingerprint density at radius 1 is 1.36 bits per heavy atom. The Hall–Kier alpha value is -1.71. The molecule has 0 saturated carbocycles. The van der Waals surface area contributed by atoms with Crippen LogP contribution in [0.2, 0.25) is 0 Å². The summed E-state index contributed by atoms with van der Waals surface area (Å²) in [5.74, 6) is -0.432. The number of carbonyl (C=O) groups is 1. The summed E-state index contributed by atoms with van der Waals surface area (Å²) in [5.41, 5.74) is 0.615. The highest BCUT2D eigenvalue weighted by atomic mass is 19.1. The van der Waals surface area contributed by atoms with Crippen LogP contribution in [-0.2, 0) is 9.53 Å². The number of ether oxygens (including phenoxy) is 1. The van der Waals surface area contributed by atoms with E-state index in [9.17, 15) is 9.18 Å². The molecular weight excluding hydrogens is 185 g/mol. The van der Waals surface area contributed by atoms with Crippen molar-refractivity contribution in [1.82, 2.24) is 0 Å². The van der Waals surface area contributed by atoms with Crippen LogP contribution in [0, 0.1) is 5.82 Å². The first-order valence-electron chi connectivity index (χ1n) is 4.22. The molecule has 1 aliphatic heterocycles. The van der Waals surface area contributed by atoms with Crippen molar-refractivity contribution < 1.29 is 13.9 Å². The number of nitrogens with zero attached hydrogens (tertiary/aromatic N) is 1. The van der Waals surface area contributed by atoms with E-state index in [1.54, 1.807) is 6.92 Å². The maximum absolute atomic E-state index is 12.6. The zero-order valence-corrected chi connectivity index (χ0v) is 7.53. The normalized spacial score (nSPS) is 20.6. The molecule has 0 radical (unpaired) electrons. The Bertz CT molecular complexity index is 397. The average Bonchev–Trinajstić information content (AvgIpc) is 2.48. The average molecular weight is 193 g/mol. The molecule has 0 N–H and O–H groups in total. The second kappa shape index (κ2) is 3.21. The van der Waals surface area contributed by atoms with Crippen molar-refractivity contribution in [3.05, 3.63) is 35.6 Å². The third kappa shape index (κ3) is 1.51. The van der Waals surface area contributed by atoms with Gasteiger partial charge in [0.15, 0.2) is 0 Å². The van der Waals surface area contributed by atoms with E-state index in [0.717, 1.165) is 0 Å². The summed E-state index contributed by atoms with van der Waals surface area (Å²) in [7, 11) is 0. The van der Waals surface area contributed by atoms with Gasteiger partial charge in [-0.15, -0.1) is 0 Å². The minimum absolute atomic E-state index is 0.266. The predicted molar refractivity (Wildman–Crippen MR) is 48.5 cm³/mol. The number of esters is 1. The van der Waals surface area contributed by atoms with Crippen LogP contribution in [-0.4, -0.2) is 17.9 Å². The van der Waals surface area contributed by atoms with Gasteiger partial charge < -0.3 is 4.74 Å². The van der Waals surface area contributed by atoms with Crippen molar-refractivity contribution in [2.75, 3.05) is 0 Å². The van der Waals surface area contributed by atoms with Crippen LogP contribution >= 0.6 is 0 Å². The highest BCUT2D eigenvalue weighted by Gasteiger charge is 2.25. The van der Waals surface area contributed by atoms with Crippen molar-refractivity contribution in [3.8, 4) is 0 Å². The van der Waals surface area contributed by atoms with Crippen LogP contribution in [0.15, 0.2) is 29.3 Å². The quantitative estimate of drug-likeness (QED) is 0.634. The standard InChI is InChI=1S/C10H8FNO2/c1-6-10(13)14-9(12-6)7-2-4-8(11)5-3-7/h2-6H,1H3. The van der Waals surface area contributed by atoms with E-state index in [1.807, 2.05) is 0 Å². The maximum Gasteiger partial charge on any atom is 0.337 e. The highest BCUT2D eigenvalue weighted by molar-refractivity contribution is 6.05. The second-order valence-electron chi connectivity index (χ2n) is 3.04. The molecule has 1 heterocycles. The molecule has 1 atom stereocenters. The van der Waals surface area contributed by atoms with Crippen LogP contribution in [0.3, 0.4) is 0 Å². The number of hydrogen-bond acceptors (Lipinski definition) is 3. The van der Waals surface area contributed by atoms with E-state index in [4.69, 9.17) is 4.74 Å². The molecule has 1 unspecified atom stereocenters. The first-order chi connectivity index (χ1) is 6.66. The van der Waals surface area contributed by atoms with Gasteiger partial charge in [-0.2, -0.15) is 0 Å². The van der Waals surface area contributed by atoms with Crippen molar-refractivity contribution in [1.29, 1.82) is 0 Å². The molecule has 0 saturated heterocycles. The lowest BCUT2D eigenvalue weighted by Gasteiger charge is -1.98. The number of halogens is 1. The summed E-state index contributed by atoms with van der Waals surface area (Å²) in [6.07, 6.45) is 0. The fraction of sp³-hybridized carbons (Fsp3) is 0.200. The Labute approximate surface area is 80.2 Å². The van der Waals surface area contributed by atoms with Crippen LogP contribution in [0.5, 0.6) is 0 Å².